The molecule has 0 fully saturated rings. The Morgan fingerprint density at radius 3 is 3.14 bits per heavy atom. The lowest BCUT2D eigenvalue weighted by Gasteiger charge is -2.18. The molecule has 1 aromatic heterocycles. The molecular weight excluding hydrogens is 196 g/mol. The van der Waals surface area contributed by atoms with Gasteiger partial charge in [-0.05, 0) is 30.7 Å². The molecule has 0 radical (unpaired) electrons. The third-order valence-electron chi connectivity index (χ3n) is 2.81. The van der Waals surface area contributed by atoms with Crippen molar-refractivity contribution >= 4 is 17.3 Å². The van der Waals surface area contributed by atoms with Gasteiger partial charge in [-0.3, -0.25) is 0 Å². The molecule has 1 aromatic rings. The van der Waals surface area contributed by atoms with E-state index in [2.05, 4.69) is 6.92 Å². The minimum absolute atomic E-state index is 0.183. The second kappa shape index (κ2) is 3.73. The highest BCUT2D eigenvalue weighted by Gasteiger charge is 2.23. The van der Waals surface area contributed by atoms with E-state index in [-0.39, 0.29) is 5.97 Å². The second-order valence-electron chi connectivity index (χ2n) is 3.89. The van der Waals surface area contributed by atoms with Crippen LogP contribution < -0.4 is 0 Å². The summed E-state index contributed by atoms with van der Waals surface area (Å²) in [7, 11) is 1.44. The fourth-order valence-electron chi connectivity index (χ4n) is 1.96. The number of hydrogen-bond acceptors (Lipinski definition) is 3. The zero-order valence-corrected chi connectivity index (χ0v) is 9.32. The topological polar surface area (TPSA) is 26.3 Å². The minimum Gasteiger partial charge on any atom is -0.465 e. The minimum atomic E-state index is -0.183. The van der Waals surface area contributed by atoms with E-state index in [0.717, 1.165) is 24.3 Å². The smallest absolute Gasteiger partial charge is 0.338 e. The molecule has 1 aliphatic carbocycles. The van der Waals surface area contributed by atoms with Crippen molar-refractivity contribution in [3.8, 4) is 0 Å². The van der Waals surface area contributed by atoms with Gasteiger partial charge >= 0.3 is 5.97 Å². The van der Waals surface area contributed by atoms with Crippen molar-refractivity contribution in [3.63, 3.8) is 0 Å². The predicted octanol–water partition coefficient (Wildman–Crippen LogP) is 2.66. The lowest BCUT2D eigenvalue weighted by molar-refractivity contribution is 0.0599. The van der Waals surface area contributed by atoms with Gasteiger partial charge < -0.3 is 4.74 Å². The van der Waals surface area contributed by atoms with Crippen molar-refractivity contribution in [1.82, 2.24) is 0 Å². The number of fused-ring (bicyclic) bond motifs is 1. The van der Waals surface area contributed by atoms with E-state index in [1.807, 2.05) is 5.38 Å². The molecule has 1 atom stereocenters. The molecule has 0 saturated carbocycles. The summed E-state index contributed by atoms with van der Waals surface area (Å²) in [6, 6.07) is 0. The molecule has 0 saturated heterocycles. The first-order valence-corrected chi connectivity index (χ1v) is 5.78. The van der Waals surface area contributed by atoms with Crippen LogP contribution in [-0.4, -0.2) is 13.1 Å². The summed E-state index contributed by atoms with van der Waals surface area (Å²) >= 11 is 1.70. The average Bonchev–Trinajstić information content (AvgIpc) is 2.59. The van der Waals surface area contributed by atoms with Crippen LogP contribution in [0, 0.1) is 5.92 Å². The lowest BCUT2D eigenvalue weighted by atomic mass is 9.89. The Balaban J connectivity index is 2.33. The molecule has 2 nitrogen and oxygen atoms in total. The second-order valence-corrected chi connectivity index (χ2v) is 4.85. The quantitative estimate of drug-likeness (QED) is 0.666. The van der Waals surface area contributed by atoms with E-state index in [4.69, 9.17) is 4.74 Å². The maximum absolute atomic E-state index is 11.4. The fourth-order valence-corrected chi connectivity index (χ4v) is 3.19. The number of methoxy groups -OCH3 is 1. The van der Waals surface area contributed by atoms with Gasteiger partial charge in [0.2, 0.25) is 0 Å². The molecule has 1 aliphatic rings. The van der Waals surface area contributed by atoms with Crippen LogP contribution in [0.25, 0.3) is 0 Å². The molecule has 1 heterocycles. The normalized spacial score (nSPS) is 20.3. The summed E-state index contributed by atoms with van der Waals surface area (Å²) in [5.41, 5.74) is 2.03. The number of ether oxygens (including phenoxy) is 1. The molecule has 14 heavy (non-hydrogen) atoms. The summed E-state index contributed by atoms with van der Waals surface area (Å²) in [4.78, 5) is 12.8. The highest BCUT2D eigenvalue weighted by molar-refractivity contribution is 7.10. The van der Waals surface area contributed by atoms with E-state index >= 15 is 0 Å². The Labute approximate surface area is 87.9 Å². The van der Waals surface area contributed by atoms with E-state index in [1.165, 1.54) is 24.0 Å². The van der Waals surface area contributed by atoms with Crippen LogP contribution in [0.1, 0.15) is 34.1 Å². The van der Waals surface area contributed by atoms with Gasteiger partial charge in [-0.25, -0.2) is 4.79 Å². The first kappa shape index (κ1) is 9.71. The first-order chi connectivity index (χ1) is 6.72. The third-order valence-corrected chi connectivity index (χ3v) is 3.86. The summed E-state index contributed by atoms with van der Waals surface area (Å²) < 4.78 is 4.76. The number of carbonyl (C=O) groups is 1. The fraction of sp³-hybridized carbons (Fsp3) is 0.545. The molecule has 1 unspecified atom stereocenters. The van der Waals surface area contributed by atoms with Crippen LogP contribution in [0.5, 0.6) is 0 Å². The maximum atomic E-state index is 11.4. The van der Waals surface area contributed by atoms with E-state index in [9.17, 15) is 4.79 Å². The zero-order valence-electron chi connectivity index (χ0n) is 8.50. The summed E-state index contributed by atoms with van der Waals surface area (Å²) in [6.45, 7) is 2.26. The number of esters is 1. The van der Waals surface area contributed by atoms with E-state index < -0.39 is 0 Å². The van der Waals surface area contributed by atoms with E-state index in [1.54, 1.807) is 11.3 Å². The summed E-state index contributed by atoms with van der Waals surface area (Å²) in [5, 5.41) is 1.94. The van der Waals surface area contributed by atoms with Gasteiger partial charge in [-0.15, -0.1) is 11.3 Å². The standard InChI is InChI=1S/C11H14O2S/c1-7-3-4-8-9(11(12)13-2)6-14-10(8)5-7/h6-7H,3-5H2,1-2H3. The van der Waals surface area contributed by atoms with Crippen LogP contribution >= 0.6 is 11.3 Å². The Kier molecular flexibility index (Phi) is 2.59. The van der Waals surface area contributed by atoms with Gasteiger partial charge in [0, 0.05) is 10.3 Å². The lowest BCUT2D eigenvalue weighted by Crippen LogP contribution is -2.12. The molecule has 0 N–H and O–H groups in total. The van der Waals surface area contributed by atoms with Crippen LogP contribution in [0.2, 0.25) is 0 Å². The van der Waals surface area contributed by atoms with Gasteiger partial charge in [0.1, 0.15) is 0 Å². The third kappa shape index (κ3) is 1.57. The van der Waals surface area contributed by atoms with Crippen LogP contribution in [0.4, 0.5) is 0 Å². The monoisotopic (exact) mass is 210 g/mol. The van der Waals surface area contributed by atoms with Crippen molar-refractivity contribution in [2.75, 3.05) is 7.11 Å². The van der Waals surface area contributed by atoms with Crippen LogP contribution in [-0.2, 0) is 17.6 Å². The van der Waals surface area contributed by atoms with Gasteiger partial charge in [-0.1, -0.05) is 6.92 Å². The molecule has 76 valence electrons. The van der Waals surface area contributed by atoms with Crippen molar-refractivity contribution in [2.45, 2.75) is 26.2 Å². The highest BCUT2D eigenvalue weighted by atomic mass is 32.1. The number of rotatable bonds is 1. The van der Waals surface area contributed by atoms with Gasteiger partial charge in [0.25, 0.3) is 0 Å². The molecule has 0 spiro atoms. The molecule has 2 rings (SSSR count). The van der Waals surface area contributed by atoms with E-state index in [0.29, 0.717) is 0 Å². The zero-order chi connectivity index (χ0) is 10.1. The maximum Gasteiger partial charge on any atom is 0.338 e. The predicted molar refractivity (Wildman–Crippen MR) is 56.8 cm³/mol. The number of carbonyl (C=O) groups excluding carboxylic acids is 1. The Bertz CT molecular complexity index is 354. The largest absolute Gasteiger partial charge is 0.465 e. The van der Waals surface area contributed by atoms with Gasteiger partial charge in [0.05, 0.1) is 12.7 Å². The number of hydrogen-bond donors (Lipinski definition) is 0. The van der Waals surface area contributed by atoms with Crippen LogP contribution in [0.3, 0.4) is 0 Å². The molecule has 0 aliphatic heterocycles. The molecule has 0 amide bonds. The van der Waals surface area contributed by atoms with Crippen molar-refractivity contribution < 1.29 is 9.53 Å². The average molecular weight is 210 g/mol. The SMILES string of the molecule is COC(=O)c1csc2c1CCC(C)C2. The highest BCUT2D eigenvalue weighted by Crippen LogP contribution is 2.32. The van der Waals surface area contributed by atoms with Crippen molar-refractivity contribution in [2.24, 2.45) is 5.92 Å². The Morgan fingerprint density at radius 1 is 1.64 bits per heavy atom. The van der Waals surface area contributed by atoms with Crippen molar-refractivity contribution in [1.29, 1.82) is 0 Å². The summed E-state index contributed by atoms with van der Waals surface area (Å²) in [5.74, 6) is 0.573. The van der Waals surface area contributed by atoms with Crippen molar-refractivity contribution in [3.05, 3.63) is 21.4 Å². The Hall–Kier alpha value is -0.830. The molecule has 0 aromatic carbocycles. The van der Waals surface area contributed by atoms with Gasteiger partial charge in [0.15, 0.2) is 0 Å². The number of thiophene rings is 1. The molecule has 0 bridgehead atoms. The molecular formula is C11H14O2S. The van der Waals surface area contributed by atoms with Gasteiger partial charge in [-0.2, -0.15) is 0 Å². The summed E-state index contributed by atoms with van der Waals surface area (Å²) in [6.07, 6.45) is 3.34. The molecule has 3 heteroatoms. The first-order valence-electron chi connectivity index (χ1n) is 4.90. The van der Waals surface area contributed by atoms with Crippen LogP contribution in [0.15, 0.2) is 5.38 Å². The Morgan fingerprint density at radius 2 is 2.43 bits per heavy atom.